The summed E-state index contributed by atoms with van der Waals surface area (Å²) in [7, 11) is 0. The van der Waals surface area contributed by atoms with Gasteiger partial charge in [-0.2, -0.15) is 0 Å². The molecule has 0 aromatic heterocycles. The van der Waals surface area contributed by atoms with Crippen LogP contribution in [-0.4, -0.2) is 30.8 Å². The lowest BCUT2D eigenvalue weighted by atomic mass is 9.94. The van der Waals surface area contributed by atoms with Gasteiger partial charge in [-0.3, -0.25) is 4.79 Å². The van der Waals surface area contributed by atoms with E-state index in [2.05, 4.69) is 0 Å². The van der Waals surface area contributed by atoms with Gasteiger partial charge in [-0.15, -0.1) is 0 Å². The molecule has 1 atom stereocenters. The highest BCUT2D eigenvalue weighted by atomic mass is 16.5. The number of carboxylic acid groups (broad SMARTS) is 1. The lowest BCUT2D eigenvalue weighted by molar-refractivity contribution is -0.138. The van der Waals surface area contributed by atoms with Gasteiger partial charge in [0.25, 0.3) is 0 Å². The van der Waals surface area contributed by atoms with Crippen molar-refractivity contribution >= 4 is 5.97 Å². The first kappa shape index (κ1) is 12.7. The molecule has 0 saturated heterocycles. The minimum absolute atomic E-state index is 0.0653. The van der Waals surface area contributed by atoms with Gasteiger partial charge in [-0.25, -0.2) is 0 Å². The normalized spacial score (nSPS) is 15.9. The fraction of sp³-hybridized carbons (Fsp3) is 0.462. The Morgan fingerprint density at radius 1 is 1.44 bits per heavy atom. The van der Waals surface area contributed by atoms with Crippen LogP contribution >= 0.6 is 0 Å². The van der Waals surface area contributed by atoms with Gasteiger partial charge in [0.05, 0.1) is 19.1 Å². The number of hydrogen-bond acceptors (Lipinski definition) is 4. The molecule has 5 heteroatoms. The van der Waals surface area contributed by atoms with Crippen LogP contribution in [0.15, 0.2) is 12.1 Å². The SMILES string of the molecule is Cc1c(C(CN)C(=O)O)ccc2c1OCCCO2. The summed E-state index contributed by atoms with van der Waals surface area (Å²) >= 11 is 0. The van der Waals surface area contributed by atoms with Crippen molar-refractivity contribution in [3.63, 3.8) is 0 Å². The number of rotatable bonds is 3. The van der Waals surface area contributed by atoms with Crippen LogP contribution in [0.5, 0.6) is 11.5 Å². The topological polar surface area (TPSA) is 81.8 Å². The number of hydrogen-bond donors (Lipinski definition) is 2. The molecule has 18 heavy (non-hydrogen) atoms. The molecule has 1 aromatic rings. The Morgan fingerprint density at radius 3 is 2.83 bits per heavy atom. The van der Waals surface area contributed by atoms with E-state index in [1.165, 1.54) is 0 Å². The standard InChI is InChI=1S/C13H17NO4/c1-8-9(10(7-14)13(15)16)3-4-11-12(8)18-6-2-5-17-11/h3-4,10H,2,5-7,14H2,1H3,(H,15,16). The zero-order chi connectivity index (χ0) is 13.1. The number of carbonyl (C=O) groups is 1. The Morgan fingerprint density at radius 2 is 2.17 bits per heavy atom. The molecule has 2 rings (SSSR count). The predicted octanol–water partition coefficient (Wildman–Crippen LogP) is 1.28. The monoisotopic (exact) mass is 251 g/mol. The molecule has 3 N–H and O–H groups in total. The summed E-state index contributed by atoms with van der Waals surface area (Å²) in [6.45, 7) is 3.10. The van der Waals surface area contributed by atoms with Crippen LogP contribution in [0, 0.1) is 6.92 Å². The van der Waals surface area contributed by atoms with Gasteiger partial charge >= 0.3 is 5.97 Å². The summed E-state index contributed by atoms with van der Waals surface area (Å²) in [5.41, 5.74) is 7.02. The summed E-state index contributed by atoms with van der Waals surface area (Å²) in [5.74, 6) is -0.308. The van der Waals surface area contributed by atoms with Crippen LogP contribution < -0.4 is 15.2 Å². The third-order valence-electron chi connectivity index (χ3n) is 3.11. The Bertz CT molecular complexity index is 459. The van der Waals surface area contributed by atoms with Gasteiger partial charge in [0.1, 0.15) is 0 Å². The lowest BCUT2D eigenvalue weighted by Crippen LogP contribution is -2.22. The van der Waals surface area contributed by atoms with E-state index in [0.717, 1.165) is 12.0 Å². The molecule has 1 unspecified atom stereocenters. The Balaban J connectivity index is 2.45. The Kier molecular flexibility index (Phi) is 3.72. The van der Waals surface area contributed by atoms with Crippen molar-refractivity contribution in [1.29, 1.82) is 0 Å². The first-order valence-corrected chi connectivity index (χ1v) is 5.97. The van der Waals surface area contributed by atoms with Gasteiger partial charge in [0.2, 0.25) is 0 Å². The number of nitrogens with two attached hydrogens (primary N) is 1. The summed E-state index contributed by atoms with van der Waals surface area (Å²) in [6.07, 6.45) is 0.822. The van der Waals surface area contributed by atoms with Crippen molar-refractivity contribution in [3.8, 4) is 11.5 Å². The molecule has 1 aromatic carbocycles. The van der Waals surface area contributed by atoms with Gasteiger partial charge in [-0.1, -0.05) is 6.07 Å². The Labute approximate surface area is 106 Å². The molecule has 0 amide bonds. The molecular weight excluding hydrogens is 234 g/mol. The van der Waals surface area contributed by atoms with Crippen LogP contribution in [0.3, 0.4) is 0 Å². The molecule has 0 aliphatic carbocycles. The van der Waals surface area contributed by atoms with E-state index < -0.39 is 11.9 Å². The molecule has 1 aliphatic rings. The molecule has 0 spiro atoms. The van der Waals surface area contributed by atoms with E-state index in [9.17, 15) is 4.79 Å². The molecule has 98 valence electrons. The summed E-state index contributed by atoms with van der Waals surface area (Å²) in [5, 5.41) is 9.16. The van der Waals surface area contributed by atoms with Gasteiger partial charge in [0, 0.05) is 13.0 Å². The van der Waals surface area contributed by atoms with E-state index in [-0.39, 0.29) is 6.54 Å². The maximum absolute atomic E-state index is 11.2. The zero-order valence-electron chi connectivity index (χ0n) is 10.3. The van der Waals surface area contributed by atoms with Crippen LogP contribution in [-0.2, 0) is 4.79 Å². The molecule has 0 radical (unpaired) electrons. The summed E-state index contributed by atoms with van der Waals surface area (Å²) in [4.78, 5) is 11.2. The molecule has 1 aliphatic heterocycles. The highest BCUT2D eigenvalue weighted by Gasteiger charge is 2.24. The average molecular weight is 251 g/mol. The van der Waals surface area contributed by atoms with Crippen LogP contribution in [0.2, 0.25) is 0 Å². The van der Waals surface area contributed by atoms with E-state index in [1.807, 2.05) is 6.92 Å². The van der Waals surface area contributed by atoms with Crippen molar-refractivity contribution < 1.29 is 19.4 Å². The van der Waals surface area contributed by atoms with Crippen molar-refractivity contribution in [2.75, 3.05) is 19.8 Å². The number of benzene rings is 1. The minimum atomic E-state index is -0.921. The van der Waals surface area contributed by atoms with E-state index >= 15 is 0 Å². The summed E-state index contributed by atoms with van der Waals surface area (Å²) in [6, 6.07) is 3.52. The van der Waals surface area contributed by atoms with E-state index in [0.29, 0.717) is 30.3 Å². The predicted molar refractivity (Wildman–Crippen MR) is 66.2 cm³/mol. The number of fused-ring (bicyclic) bond motifs is 1. The second kappa shape index (κ2) is 5.27. The molecule has 1 heterocycles. The molecular formula is C13H17NO4. The van der Waals surface area contributed by atoms with Crippen LogP contribution in [0.1, 0.15) is 23.5 Å². The smallest absolute Gasteiger partial charge is 0.312 e. The first-order chi connectivity index (χ1) is 8.65. The highest BCUT2D eigenvalue weighted by molar-refractivity contribution is 5.77. The van der Waals surface area contributed by atoms with Crippen molar-refractivity contribution in [2.45, 2.75) is 19.3 Å². The molecule has 0 saturated carbocycles. The minimum Gasteiger partial charge on any atom is -0.490 e. The van der Waals surface area contributed by atoms with Gasteiger partial charge in [0.15, 0.2) is 11.5 Å². The first-order valence-electron chi connectivity index (χ1n) is 5.97. The van der Waals surface area contributed by atoms with Crippen LogP contribution in [0.4, 0.5) is 0 Å². The van der Waals surface area contributed by atoms with E-state index in [1.54, 1.807) is 12.1 Å². The zero-order valence-corrected chi connectivity index (χ0v) is 10.3. The van der Waals surface area contributed by atoms with Gasteiger partial charge < -0.3 is 20.3 Å². The quantitative estimate of drug-likeness (QED) is 0.845. The fourth-order valence-corrected chi connectivity index (χ4v) is 2.13. The largest absolute Gasteiger partial charge is 0.490 e. The maximum Gasteiger partial charge on any atom is 0.312 e. The number of aliphatic carboxylic acids is 1. The average Bonchev–Trinajstić information content (AvgIpc) is 2.58. The number of ether oxygens (including phenoxy) is 2. The van der Waals surface area contributed by atoms with Gasteiger partial charge in [-0.05, 0) is 24.1 Å². The Hall–Kier alpha value is -1.75. The highest BCUT2D eigenvalue weighted by Crippen LogP contribution is 2.37. The van der Waals surface area contributed by atoms with E-state index in [4.69, 9.17) is 20.3 Å². The lowest BCUT2D eigenvalue weighted by Gasteiger charge is -2.17. The van der Waals surface area contributed by atoms with Crippen molar-refractivity contribution in [3.05, 3.63) is 23.3 Å². The van der Waals surface area contributed by atoms with Crippen molar-refractivity contribution in [2.24, 2.45) is 5.73 Å². The third kappa shape index (κ3) is 2.26. The third-order valence-corrected chi connectivity index (χ3v) is 3.11. The maximum atomic E-state index is 11.2. The van der Waals surface area contributed by atoms with Crippen LogP contribution in [0.25, 0.3) is 0 Å². The van der Waals surface area contributed by atoms with Crippen molar-refractivity contribution in [1.82, 2.24) is 0 Å². The second-order valence-corrected chi connectivity index (χ2v) is 4.28. The molecule has 0 bridgehead atoms. The molecule has 0 fully saturated rings. The second-order valence-electron chi connectivity index (χ2n) is 4.28. The number of carboxylic acids is 1. The fourth-order valence-electron chi connectivity index (χ4n) is 2.13. The summed E-state index contributed by atoms with van der Waals surface area (Å²) < 4.78 is 11.2. The molecule has 5 nitrogen and oxygen atoms in total.